The van der Waals surface area contributed by atoms with Gasteiger partial charge in [-0.25, -0.2) is 0 Å². The van der Waals surface area contributed by atoms with Gasteiger partial charge in [0.05, 0.1) is 25.4 Å². The molecule has 4 heteroatoms. The van der Waals surface area contributed by atoms with Crippen LogP contribution in [0, 0.1) is 0 Å². The van der Waals surface area contributed by atoms with Crippen molar-refractivity contribution < 1.29 is 9.69 Å². The van der Waals surface area contributed by atoms with Crippen molar-refractivity contribution in [1.82, 2.24) is 5.32 Å². The van der Waals surface area contributed by atoms with E-state index in [1.807, 2.05) is 0 Å². The third-order valence-corrected chi connectivity index (χ3v) is 6.23. The normalized spacial score (nSPS) is 16.1. The van der Waals surface area contributed by atoms with Crippen LogP contribution in [0.2, 0.25) is 0 Å². The molecule has 0 aliphatic carbocycles. The smallest absolute Gasteiger partial charge is 0.230 e. The molecule has 25 heavy (non-hydrogen) atoms. The molecule has 2 N–H and O–H groups in total. The van der Waals surface area contributed by atoms with Crippen LogP contribution < -0.4 is 10.2 Å². The second-order valence-electron chi connectivity index (χ2n) is 7.62. The van der Waals surface area contributed by atoms with Gasteiger partial charge in [0, 0.05) is 4.90 Å². The van der Waals surface area contributed by atoms with Crippen molar-refractivity contribution in [2.45, 2.75) is 43.5 Å². The summed E-state index contributed by atoms with van der Waals surface area (Å²) in [5.41, 5.74) is 0.115. The van der Waals surface area contributed by atoms with Crippen LogP contribution in [0.5, 0.6) is 0 Å². The minimum Gasteiger partial charge on any atom is -0.349 e. The molecule has 3 rings (SSSR count). The highest BCUT2D eigenvalue weighted by molar-refractivity contribution is 8.00. The molecule has 0 unspecified atom stereocenters. The van der Waals surface area contributed by atoms with Gasteiger partial charge in [0.25, 0.3) is 0 Å². The van der Waals surface area contributed by atoms with Crippen molar-refractivity contribution >= 4 is 28.4 Å². The molecule has 1 amide bonds. The molecule has 0 saturated carbocycles. The largest absolute Gasteiger partial charge is 0.349 e. The topological polar surface area (TPSA) is 33.5 Å². The van der Waals surface area contributed by atoms with E-state index in [0.717, 1.165) is 11.4 Å². The number of quaternary nitrogens is 1. The number of carbonyl (C=O) groups excluding carboxylic acids is 1. The summed E-state index contributed by atoms with van der Waals surface area (Å²) in [5.74, 6) is 0.603. The van der Waals surface area contributed by atoms with Crippen molar-refractivity contribution in [3.63, 3.8) is 0 Å². The highest BCUT2D eigenvalue weighted by atomic mass is 32.2. The van der Waals surface area contributed by atoms with Crippen LogP contribution in [0.15, 0.2) is 47.4 Å². The summed E-state index contributed by atoms with van der Waals surface area (Å²) in [5, 5.41) is 5.61. The Kier molecular flexibility index (Phi) is 6.02. The molecule has 1 saturated heterocycles. The monoisotopic (exact) mass is 357 g/mol. The van der Waals surface area contributed by atoms with Gasteiger partial charge in [0.2, 0.25) is 5.91 Å². The first-order valence-corrected chi connectivity index (χ1v) is 10.3. The van der Waals surface area contributed by atoms with Crippen molar-refractivity contribution in [2.24, 2.45) is 0 Å². The number of hydrogen-bond acceptors (Lipinski definition) is 2. The molecule has 1 aliphatic rings. The van der Waals surface area contributed by atoms with Crippen LogP contribution in [-0.4, -0.2) is 36.8 Å². The van der Waals surface area contributed by atoms with Crippen LogP contribution in [0.1, 0.15) is 33.1 Å². The number of thioether (sulfide) groups is 1. The fourth-order valence-corrected chi connectivity index (χ4v) is 4.33. The van der Waals surface area contributed by atoms with E-state index in [4.69, 9.17) is 0 Å². The molecular formula is C21H29N2OS+. The molecule has 1 heterocycles. The fraction of sp³-hybridized carbons (Fsp3) is 0.476. The van der Waals surface area contributed by atoms with Crippen LogP contribution in [0.3, 0.4) is 0 Å². The van der Waals surface area contributed by atoms with Crippen LogP contribution in [0.25, 0.3) is 10.8 Å². The molecular weight excluding hydrogens is 328 g/mol. The Morgan fingerprint density at radius 1 is 1.08 bits per heavy atom. The van der Waals surface area contributed by atoms with Gasteiger partial charge >= 0.3 is 0 Å². The number of fused-ring (bicyclic) bond motifs is 1. The maximum absolute atomic E-state index is 12.3. The van der Waals surface area contributed by atoms with Gasteiger partial charge < -0.3 is 10.2 Å². The quantitative estimate of drug-likeness (QED) is 0.780. The highest BCUT2D eigenvalue weighted by Crippen LogP contribution is 2.23. The fourth-order valence-electron chi connectivity index (χ4n) is 3.56. The lowest BCUT2D eigenvalue weighted by molar-refractivity contribution is -0.951. The van der Waals surface area contributed by atoms with Gasteiger partial charge in [-0.2, -0.15) is 0 Å². The van der Waals surface area contributed by atoms with E-state index < -0.39 is 0 Å². The molecule has 0 bridgehead atoms. The Morgan fingerprint density at radius 3 is 2.56 bits per heavy atom. The van der Waals surface area contributed by atoms with E-state index in [0.29, 0.717) is 5.75 Å². The first kappa shape index (κ1) is 18.3. The molecule has 1 fully saturated rings. The van der Waals surface area contributed by atoms with E-state index >= 15 is 0 Å². The van der Waals surface area contributed by atoms with Crippen molar-refractivity contribution in [3.8, 4) is 0 Å². The lowest BCUT2D eigenvalue weighted by Gasteiger charge is -2.37. The minimum absolute atomic E-state index is 0.115. The Hall–Kier alpha value is -1.52. The molecule has 0 spiro atoms. The summed E-state index contributed by atoms with van der Waals surface area (Å²) < 4.78 is 0. The average molecular weight is 358 g/mol. The van der Waals surface area contributed by atoms with Gasteiger partial charge in [-0.15, -0.1) is 11.8 Å². The molecule has 1 aliphatic heterocycles. The van der Waals surface area contributed by atoms with Crippen molar-refractivity contribution in [3.05, 3.63) is 42.5 Å². The summed E-state index contributed by atoms with van der Waals surface area (Å²) in [6.45, 7) is 7.75. The van der Waals surface area contributed by atoms with Gasteiger partial charge in [0.1, 0.15) is 5.54 Å². The predicted octanol–water partition coefficient (Wildman–Crippen LogP) is 2.90. The summed E-state index contributed by atoms with van der Waals surface area (Å²) in [6.07, 6.45) is 3.98. The summed E-state index contributed by atoms with van der Waals surface area (Å²) in [4.78, 5) is 15.0. The zero-order valence-corrected chi connectivity index (χ0v) is 16.1. The molecule has 0 radical (unpaired) electrons. The number of hydrogen-bond donors (Lipinski definition) is 2. The van der Waals surface area contributed by atoms with E-state index in [1.54, 1.807) is 16.7 Å². The third-order valence-electron chi connectivity index (χ3n) is 5.23. The van der Waals surface area contributed by atoms with Gasteiger partial charge in [-0.05, 0) is 56.0 Å². The second-order valence-corrected chi connectivity index (χ2v) is 8.67. The Bertz CT molecular complexity index is 723. The summed E-state index contributed by atoms with van der Waals surface area (Å²) >= 11 is 1.61. The Balaban J connectivity index is 1.48. The molecule has 3 nitrogen and oxygen atoms in total. The van der Waals surface area contributed by atoms with Crippen LogP contribution in [-0.2, 0) is 4.79 Å². The number of amides is 1. The average Bonchev–Trinajstić information content (AvgIpc) is 2.65. The van der Waals surface area contributed by atoms with Crippen LogP contribution >= 0.6 is 11.8 Å². The first-order valence-electron chi connectivity index (χ1n) is 9.28. The van der Waals surface area contributed by atoms with Gasteiger partial charge in [-0.3, -0.25) is 4.79 Å². The zero-order chi connectivity index (χ0) is 17.7. The number of nitrogens with one attached hydrogen (secondary N) is 2. The standard InChI is InChI=1S/C21H28N2OS/c1-21(2,23-12-6-3-7-13-23)16-22-20(24)15-25-19-11-10-17-8-4-5-9-18(17)14-19/h4-5,8-11,14H,3,6-7,12-13,15-16H2,1-2H3,(H,22,24)/p+1. The lowest BCUT2D eigenvalue weighted by atomic mass is 9.98. The minimum atomic E-state index is 0.115. The summed E-state index contributed by atoms with van der Waals surface area (Å²) in [7, 11) is 0. The van der Waals surface area contributed by atoms with E-state index in [-0.39, 0.29) is 11.4 Å². The number of benzene rings is 2. The van der Waals surface area contributed by atoms with E-state index in [1.165, 1.54) is 43.1 Å². The zero-order valence-electron chi connectivity index (χ0n) is 15.3. The highest BCUT2D eigenvalue weighted by Gasteiger charge is 2.32. The predicted molar refractivity (Wildman–Crippen MR) is 106 cm³/mol. The van der Waals surface area contributed by atoms with Crippen LogP contribution in [0.4, 0.5) is 0 Å². The molecule has 2 aromatic carbocycles. The Labute approximate surface area is 155 Å². The molecule has 2 aromatic rings. The third kappa shape index (κ3) is 4.99. The number of piperidine rings is 1. The SMILES string of the molecule is CC(C)(CNC(=O)CSc1ccc2ccccc2c1)[NH+]1CCCCC1. The molecule has 0 aromatic heterocycles. The maximum Gasteiger partial charge on any atom is 0.230 e. The summed E-state index contributed by atoms with van der Waals surface area (Å²) in [6, 6.07) is 14.7. The number of carbonyl (C=O) groups is 1. The van der Waals surface area contributed by atoms with E-state index in [2.05, 4.69) is 61.6 Å². The van der Waals surface area contributed by atoms with Crippen molar-refractivity contribution in [1.29, 1.82) is 0 Å². The van der Waals surface area contributed by atoms with Gasteiger partial charge in [-0.1, -0.05) is 30.3 Å². The second kappa shape index (κ2) is 8.24. The van der Waals surface area contributed by atoms with E-state index in [9.17, 15) is 4.79 Å². The molecule has 0 atom stereocenters. The number of rotatable bonds is 6. The first-order chi connectivity index (χ1) is 12.0. The molecule has 134 valence electrons. The Morgan fingerprint density at radius 2 is 1.80 bits per heavy atom. The maximum atomic E-state index is 12.3. The lowest BCUT2D eigenvalue weighted by Crippen LogP contribution is -3.20. The van der Waals surface area contributed by atoms with Gasteiger partial charge in [0.15, 0.2) is 0 Å². The van der Waals surface area contributed by atoms with Crippen molar-refractivity contribution in [2.75, 3.05) is 25.4 Å². The number of likely N-dealkylation sites (tertiary alicyclic amines) is 1.